The molecule has 28 heavy (non-hydrogen) atoms. The summed E-state index contributed by atoms with van der Waals surface area (Å²) in [7, 11) is 0. The van der Waals surface area contributed by atoms with Crippen molar-refractivity contribution in [2.24, 2.45) is 5.73 Å². The van der Waals surface area contributed by atoms with Gasteiger partial charge in [-0.25, -0.2) is 13.8 Å². The molecule has 9 heteroatoms. The molecular weight excluding hydrogens is 381 g/mol. The van der Waals surface area contributed by atoms with Crippen LogP contribution < -0.4 is 5.73 Å². The summed E-state index contributed by atoms with van der Waals surface area (Å²) in [5.41, 5.74) is 4.41. The Labute approximate surface area is 156 Å². The van der Waals surface area contributed by atoms with Gasteiger partial charge in [0.15, 0.2) is 0 Å². The fraction of sp³-hybridized carbons (Fsp3) is 0.211. The zero-order chi connectivity index (χ0) is 20.5. The minimum absolute atomic E-state index is 0.000743. The molecule has 3 N–H and O–H groups in total. The topological polar surface area (TPSA) is 64.1 Å². The molecule has 0 saturated carbocycles. The van der Waals surface area contributed by atoms with Crippen LogP contribution in [0.3, 0.4) is 0 Å². The molecule has 2 aromatic carbocycles. The largest absolute Gasteiger partial charge is 0.416 e. The molecule has 0 aliphatic heterocycles. The number of fused-ring (bicyclic) bond motifs is 1. The number of halogens is 5. The van der Waals surface area contributed by atoms with Crippen LogP contribution in [0.15, 0.2) is 48.6 Å². The number of nitrogens with zero attached hydrogens (tertiary/aromatic N) is 2. The maximum Gasteiger partial charge on any atom is 0.416 e. The van der Waals surface area contributed by atoms with Crippen molar-refractivity contribution in [3.05, 3.63) is 65.5 Å². The molecule has 148 valence electrons. The minimum Gasteiger partial charge on any atom is -0.392 e. The fourth-order valence-electron chi connectivity index (χ4n) is 2.89. The van der Waals surface area contributed by atoms with E-state index in [4.69, 9.17) is 5.73 Å². The molecule has 3 aromatic rings. The quantitative estimate of drug-likeness (QED) is 0.636. The van der Waals surface area contributed by atoms with Crippen LogP contribution in [0.2, 0.25) is 0 Å². The summed E-state index contributed by atoms with van der Waals surface area (Å²) >= 11 is 0. The first-order valence-electron chi connectivity index (χ1n) is 8.25. The molecule has 0 aliphatic carbocycles. The zero-order valence-corrected chi connectivity index (χ0v) is 14.5. The van der Waals surface area contributed by atoms with Gasteiger partial charge in [0.2, 0.25) is 0 Å². The molecule has 1 heterocycles. The Bertz CT molecular complexity index is 1040. The number of hydrogen-bond donors (Lipinski definition) is 2. The van der Waals surface area contributed by atoms with Crippen LogP contribution in [-0.2, 0) is 19.3 Å². The van der Waals surface area contributed by atoms with Gasteiger partial charge in [0, 0.05) is 17.7 Å². The van der Waals surface area contributed by atoms with Gasteiger partial charge in [-0.1, -0.05) is 6.07 Å². The van der Waals surface area contributed by atoms with Gasteiger partial charge in [0.1, 0.15) is 11.6 Å². The van der Waals surface area contributed by atoms with Gasteiger partial charge in [-0.2, -0.15) is 13.2 Å². The third kappa shape index (κ3) is 3.90. The number of benzene rings is 2. The van der Waals surface area contributed by atoms with Gasteiger partial charge < -0.3 is 15.4 Å². The van der Waals surface area contributed by atoms with Crippen LogP contribution in [0.25, 0.3) is 22.2 Å². The molecule has 0 fully saturated rings. The van der Waals surface area contributed by atoms with Crippen LogP contribution >= 0.6 is 0 Å². The Morgan fingerprint density at radius 3 is 2.57 bits per heavy atom. The molecule has 0 radical (unpaired) electrons. The Kier molecular flexibility index (Phi) is 5.48. The summed E-state index contributed by atoms with van der Waals surface area (Å²) in [6.07, 6.45) is -2.41. The molecule has 0 amide bonds. The molecule has 0 spiro atoms. The van der Waals surface area contributed by atoms with Crippen molar-refractivity contribution in [2.75, 3.05) is 6.54 Å². The number of aliphatic hydroxyl groups excluding tert-OH is 1. The van der Waals surface area contributed by atoms with E-state index in [9.17, 15) is 27.1 Å². The van der Waals surface area contributed by atoms with Crippen molar-refractivity contribution >= 4 is 11.0 Å². The van der Waals surface area contributed by atoms with Crippen molar-refractivity contribution in [1.29, 1.82) is 0 Å². The van der Waals surface area contributed by atoms with Crippen molar-refractivity contribution in [3.8, 4) is 11.1 Å². The fourth-order valence-corrected chi connectivity index (χ4v) is 2.89. The van der Waals surface area contributed by atoms with E-state index in [-0.39, 0.29) is 35.2 Å². The molecule has 0 unspecified atom stereocenters. The second-order valence-corrected chi connectivity index (χ2v) is 6.12. The third-order valence-electron chi connectivity index (χ3n) is 4.22. The number of aromatic nitrogens is 2. The Balaban J connectivity index is 2.28. The van der Waals surface area contributed by atoms with Crippen LogP contribution in [0.4, 0.5) is 22.0 Å². The van der Waals surface area contributed by atoms with Crippen LogP contribution in [0.1, 0.15) is 11.1 Å². The lowest BCUT2D eigenvalue weighted by molar-refractivity contribution is -0.137. The maximum atomic E-state index is 14.4. The molecule has 0 bridgehead atoms. The number of nitrogens with two attached hydrogens (primary N) is 1. The summed E-state index contributed by atoms with van der Waals surface area (Å²) in [5, 5.41) is 9.27. The smallest absolute Gasteiger partial charge is 0.392 e. The first kappa shape index (κ1) is 20.0. The summed E-state index contributed by atoms with van der Waals surface area (Å²) in [6.45, 7) is -0.816. The molecule has 0 aliphatic rings. The van der Waals surface area contributed by atoms with E-state index in [0.29, 0.717) is 5.56 Å². The lowest BCUT2D eigenvalue weighted by Crippen LogP contribution is -2.07. The van der Waals surface area contributed by atoms with Gasteiger partial charge >= 0.3 is 6.18 Å². The summed E-state index contributed by atoms with van der Waals surface area (Å²) < 4.78 is 69.7. The highest BCUT2D eigenvalue weighted by Crippen LogP contribution is 2.38. The summed E-state index contributed by atoms with van der Waals surface area (Å²) in [4.78, 5) is 4.07. The van der Waals surface area contributed by atoms with E-state index in [1.807, 2.05) is 0 Å². The highest BCUT2D eigenvalue weighted by atomic mass is 19.4. The van der Waals surface area contributed by atoms with Gasteiger partial charge in [-0.05, 0) is 35.9 Å². The second-order valence-electron chi connectivity index (χ2n) is 6.12. The van der Waals surface area contributed by atoms with E-state index in [1.54, 1.807) is 0 Å². The average Bonchev–Trinajstić information content (AvgIpc) is 3.04. The van der Waals surface area contributed by atoms with Gasteiger partial charge in [-0.3, -0.25) is 0 Å². The highest BCUT2D eigenvalue weighted by Gasteiger charge is 2.32. The average molecular weight is 397 g/mol. The summed E-state index contributed by atoms with van der Waals surface area (Å²) in [6, 6.07) is 5.29. The third-order valence-corrected chi connectivity index (χ3v) is 4.22. The van der Waals surface area contributed by atoms with Gasteiger partial charge in [0.05, 0.1) is 36.1 Å². The number of aliphatic hydroxyl groups is 1. The van der Waals surface area contributed by atoms with Crippen LogP contribution in [0, 0.1) is 5.82 Å². The number of hydrogen-bond acceptors (Lipinski definition) is 3. The van der Waals surface area contributed by atoms with Gasteiger partial charge in [-0.15, -0.1) is 0 Å². The molecule has 1 aromatic heterocycles. The SMILES string of the molecule is NC/C=C(\F)Cn1cnc2c(-c3cc(CO)ccc3F)cc(C(F)(F)F)cc21. The number of alkyl halides is 3. The number of imidazole rings is 1. The molecule has 0 saturated heterocycles. The predicted molar refractivity (Wildman–Crippen MR) is 94.3 cm³/mol. The van der Waals surface area contributed by atoms with E-state index in [1.165, 1.54) is 23.0 Å². The zero-order valence-electron chi connectivity index (χ0n) is 14.5. The van der Waals surface area contributed by atoms with E-state index < -0.39 is 30.0 Å². The lowest BCUT2D eigenvalue weighted by atomic mass is 9.98. The van der Waals surface area contributed by atoms with Crippen LogP contribution in [-0.4, -0.2) is 21.2 Å². The van der Waals surface area contributed by atoms with Crippen molar-refractivity contribution in [1.82, 2.24) is 9.55 Å². The minimum atomic E-state index is -4.70. The predicted octanol–water partition coefficient (Wildman–Crippen LogP) is 4.17. The Morgan fingerprint density at radius 2 is 1.93 bits per heavy atom. The maximum absolute atomic E-state index is 14.4. The van der Waals surface area contributed by atoms with Crippen LogP contribution in [0.5, 0.6) is 0 Å². The van der Waals surface area contributed by atoms with Crippen molar-refractivity contribution < 1.29 is 27.1 Å². The monoisotopic (exact) mass is 397 g/mol. The molecule has 0 atom stereocenters. The Morgan fingerprint density at radius 1 is 1.18 bits per heavy atom. The first-order chi connectivity index (χ1) is 13.2. The van der Waals surface area contributed by atoms with Gasteiger partial charge in [0.25, 0.3) is 0 Å². The number of rotatable bonds is 5. The molecule has 4 nitrogen and oxygen atoms in total. The first-order valence-corrected chi connectivity index (χ1v) is 8.25. The van der Waals surface area contributed by atoms with Crippen molar-refractivity contribution in [3.63, 3.8) is 0 Å². The standard InChI is InChI=1S/C19H16F5N3O/c20-13(3-4-25)8-27-10-26-18-15(6-12(7-17(18)27)19(22,23)24)14-5-11(9-28)1-2-16(14)21/h1-3,5-7,10,28H,4,8-9,25H2/b13-3-. The lowest BCUT2D eigenvalue weighted by Gasteiger charge is -2.13. The highest BCUT2D eigenvalue weighted by molar-refractivity contribution is 5.93. The second kappa shape index (κ2) is 7.69. The van der Waals surface area contributed by atoms with E-state index in [0.717, 1.165) is 24.3 Å². The van der Waals surface area contributed by atoms with E-state index >= 15 is 0 Å². The molecular formula is C19H16F5N3O. The number of allylic oxidation sites excluding steroid dienone is 1. The molecule has 3 rings (SSSR count). The Hall–Kier alpha value is -2.78. The normalized spacial score (nSPS) is 12.8. The summed E-state index contributed by atoms with van der Waals surface area (Å²) in [5.74, 6) is -1.39. The van der Waals surface area contributed by atoms with Crippen molar-refractivity contribution in [2.45, 2.75) is 19.3 Å². The van der Waals surface area contributed by atoms with E-state index in [2.05, 4.69) is 4.98 Å².